The Bertz CT molecular complexity index is 918. The Balaban J connectivity index is 1.61. The Morgan fingerprint density at radius 3 is 2.41 bits per heavy atom. The number of carbonyl (C=O) groups excluding carboxylic acids is 2. The van der Waals surface area contributed by atoms with E-state index in [1.54, 1.807) is 30.3 Å². The molecule has 0 unspecified atom stereocenters. The smallest absolute Gasteiger partial charge is 0.269 e. The van der Waals surface area contributed by atoms with E-state index < -0.39 is 5.91 Å². The number of hydrogen-bond donors (Lipinski definition) is 2. The molecule has 0 aromatic heterocycles. The summed E-state index contributed by atoms with van der Waals surface area (Å²) >= 11 is 3.45. The number of carbonyl (C=O) groups is 2. The van der Waals surface area contributed by atoms with Crippen LogP contribution in [0.5, 0.6) is 23.0 Å². The third-order valence-electron chi connectivity index (χ3n) is 4.01. The molecule has 154 valence electrons. The quantitative estimate of drug-likeness (QED) is 0.611. The monoisotopic (exact) mass is 464 g/mol. The number of fused-ring (bicyclic) bond motifs is 1. The van der Waals surface area contributed by atoms with Gasteiger partial charge in [0, 0.05) is 10.0 Å². The van der Waals surface area contributed by atoms with Crippen LogP contribution in [0.2, 0.25) is 0 Å². The van der Waals surface area contributed by atoms with Gasteiger partial charge in [0.25, 0.3) is 5.91 Å². The minimum Gasteiger partial charge on any atom is -0.490 e. The number of ether oxygens (including phenoxy) is 4. The molecule has 1 heterocycles. The Morgan fingerprint density at radius 2 is 1.69 bits per heavy atom. The van der Waals surface area contributed by atoms with Gasteiger partial charge in [0.15, 0.2) is 23.0 Å². The van der Waals surface area contributed by atoms with Gasteiger partial charge in [0.05, 0.1) is 19.6 Å². The molecular weight excluding hydrogens is 444 g/mol. The maximum absolute atomic E-state index is 12.3. The standard InChI is InChI=1S/C20H21BrN2O6/c1-3-26-17-8-13(14(21)10-18(17)27-4-2)9-19(24)22-23-20(25)12-5-6-15-16(7-12)29-11-28-15/h5-8,10H,3-4,9,11H2,1-2H3,(H,22,24)(H,23,25). The van der Waals surface area contributed by atoms with Crippen molar-refractivity contribution in [3.8, 4) is 23.0 Å². The Labute approximate surface area is 176 Å². The first kappa shape index (κ1) is 20.8. The molecule has 0 atom stereocenters. The highest BCUT2D eigenvalue weighted by Gasteiger charge is 2.17. The van der Waals surface area contributed by atoms with Crippen LogP contribution in [-0.2, 0) is 11.2 Å². The fourth-order valence-electron chi connectivity index (χ4n) is 2.70. The van der Waals surface area contributed by atoms with Crippen molar-refractivity contribution in [1.82, 2.24) is 10.9 Å². The number of halogens is 1. The molecule has 0 radical (unpaired) electrons. The lowest BCUT2D eigenvalue weighted by molar-refractivity contribution is -0.121. The normalized spacial score (nSPS) is 11.7. The molecule has 29 heavy (non-hydrogen) atoms. The second kappa shape index (κ2) is 9.51. The lowest BCUT2D eigenvalue weighted by Crippen LogP contribution is -2.42. The SMILES string of the molecule is CCOc1cc(Br)c(CC(=O)NNC(=O)c2ccc3c(c2)OCO3)cc1OCC. The lowest BCUT2D eigenvalue weighted by atomic mass is 10.1. The molecule has 2 aromatic rings. The van der Waals surface area contributed by atoms with E-state index in [-0.39, 0.29) is 19.1 Å². The van der Waals surface area contributed by atoms with E-state index in [0.717, 1.165) is 0 Å². The highest BCUT2D eigenvalue weighted by atomic mass is 79.9. The van der Waals surface area contributed by atoms with Crippen molar-refractivity contribution < 1.29 is 28.5 Å². The molecule has 9 heteroatoms. The minimum atomic E-state index is -0.461. The third kappa shape index (κ3) is 5.11. The predicted molar refractivity (Wildman–Crippen MR) is 108 cm³/mol. The molecular formula is C20H21BrN2O6. The first-order valence-corrected chi connectivity index (χ1v) is 9.88. The molecule has 0 fully saturated rings. The van der Waals surface area contributed by atoms with Gasteiger partial charge in [-0.3, -0.25) is 20.4 Å². The number of benzene rings is 2. The number of rotatable bonds is 7. The summed E-state index contributed by atoms with van der Waals surface area (Å²) < 4.78 is 22.3. The summed E-state index contributed by atoms with van der Waals surface area (Å²) in [5, 5.41) is 0. The average molecular weight is 465 g/mol. The van der Waals surface area contributed by atoms with Gasteiger partial charge in [-0.1, -0.05) is 15.9 Å². The van der Waals surface area contributed by atoms with Crippen LogP contribution in [-0.4, -0.2) is 31.8 Å². The first-order chi connectivity index (χ1) is 14.0. The van der Waals surface area contributed by atoms with E-state index in [0.29, 0.717) is 51.8 Å². The zero-order chi connectivity index (χ0) is 20.8. The summed E-state index contributed by atoms with van der Waals surface area (Å²) in [6.07, 6.45) is 0.0362. The van der Waals surface area contributed by atoms with Crippen LogP contribution in [0.15, 0.2) is 34.8 Å². The van der Waals surface area contributed by atoms with E-state index in [9.17, 15) is 9.59 Å². The van der Waals surface area contributed by atoms with Crippen LogP contribution in [0.1, 0.15) is 29.8 Å². The highest BCUT2D eigenvalue weighted by Crippen LogP contribution is 2.34. The van der Waals surface area contributed by atoms with Gasteiger partial charge >= 0.3 is 0 Å². The fraction of sp³-hybridized carbons (Fsp3) is 0.300. The molecule has 0 saturated heterocycles. The average Bonchev–Trinajstić information content (AvgIpc) is 3.17. The third-order valence-corrected chi connectivity index (χ3v) is 4.75. The van der Waals surface area contributed by atoms with Crippen molar-refractivity contribution >= 4 is 27.7 Å². The van der Waals surface area contributed by atoms with Gasteiger partial charge in [0.2, 0.25) is 12.7 Å². The van der Waals surface area contributed by atoms with Crippen LogP contribution in [0, 0.1) is 0 Å². The Hall–Kier alpha value is -2.94. The van der Waals surface area contributed by atoms with Crippen molar-refractivity contribution in [2.45, 2.75) is 20.3 Å². The van der Waals surface area contributed by atoms with Crippen LogP contribution in [0.25, 0.3) is 0 Å². The number of amides is 2. The van der Waals surface area contributed by atoms with Crippen LogP contribution in [0.3, 0.4) is 0 Å². The maximum Gasteiger partial charge on any atom is 0.269 e. The Morgan fingerprint density at radius 1 is 1.00 bits per heavy atom. The zero-order valence-electron chi connectivity index (χ0n) is 16.0. The van der Waals surface area contributed by atoms with Gasteiger partial charge in [-0.25, -0.2) is 0 Å². The largest absolute Gasteiger partial charge is 0.490 e. The molecule has 2 amide bonds. The van der Waals surface area contributed by atoms with Crippen LogP contribution >= 0.6 is 15.9 Å². The van der Waals surface area contributed by atoms with Crippen molar-refractivity contribution in [2.24, 2.45) is 0 Å². The molecule has 2 N–H and O–H groups in total. The van der Waals surface area contributed by atoms with Crippen molar-refractivity contribution in [3.05, 3.63) is 45.9 Å². The van der Waals surface area contributed by atoms with Crippen molar-refractivity contribution in [3.63, 3.8) is 0 Å². The Kier molecular flexibility index (Phi) is 6.82. The maximum atomic E-state index is 12.3. The van der Waals surface area contributed by atoms with Crippen LogP contribution in [0.4, 0.5) is 0 Å². The molecule has 0 spiro atoms. The number of hydrogen-bond acceptors (Lipinski definition) is 6. The summed E-state index contributed by atoms with van der Waals surface area (Å²) in [6.45, 7) is 4.85. The summed E-state index contributed by atoms with van der Waals surface area (Å²) in [5.74, 6) is 1.39. The number of hydrazine groups is 1. The van der Waals surface area contributed by atoms with E-state index in [1.807, 2.05) is 13.8 Å². The summed E-state index contributed by atoms with van der Waals surface area (Å²) in [6, 6.07) is 8.30. The summed E-state index contributed by atoms with van der Waals surface area (Å²) in [5.41, 5.74) is 5.85. The van der Waals surface area contributed by atoms with Gasteiger partial charge in [0.1, 0.15) is 0 Å². The topological polar surface area (TPSA) is 95.1 Å². The van der Waals surface area contributed by atoms with E-state index in [4.69, 9.17) is 18.9 Å². The second-order valence-corrected chi connectivity index (χ2v) is 6.86. The van der Waals surface area contributed by atoms with Crippen LogP contribution < -0.4 is 29.8 Å². The van der Waals surface area contributed by atoms with Gasteiger partial charge in [-0.15, -0.1) is 0 Å². The van der Waals surface area contributed by atoms with E-state index in [1.165, 1.54) is 0 Å². The molecule has 0 saturated carbocycles. The second-order valence-electron chi connectivity index (χ2n) is 6.00. The zero-order valence-corrected chi connectivity index (χ0v) is 17.6. The molecule has 8 nitrogen and oxygen atoms in total. The highest BCUT2D eigenvalue weighted by molar-refractivity contribution is 9.10. The molecule has 3 rings (SSSR count). The molecule has 2 aromatic carbocycles. The molecule has 0 aliphatic carbocycles. The van der Waals surface area contributed by atoms with Gasteiger partial charge in [-0.05, 0) is 49.7 Å². The molecule has 1 aliphatic rings. The molecule has 0 bridgehead atoms. The minimum absolute atomic E-state index is 0.0362. The van der Waals surface area contributed by atoms with Crippen molar-refractivity contribution in [2.75, 3.05) is 20.0 Å². The van der Waals surface area contributed by atoms with Crippen molar-refractivity contribution in [1.29, 1.82) is 0 Å². The molecule has 1 aliphatic heterocycles. The summed E-state index contributed by atoms with van der Waals surface area (Å²) in [4.78, 5) is 24.6. The van der Waals surface area contributed by atoms with Gasteiger partial charge < -0.3 is 18.9 Å². The van der Waals surface area contributed by atoms with E-state index in [2.05, 4.69) is 26.8 Å². The summed E-state index contributed by atoms with van der Waals surface area (Å²) in [7, 11) is 0. The lowest BCUT2D eigenvalue weighted by Gasteiger charge is -2.14. The fourth-order valence-corrected chi connectivity index (χ4v) is 3.17. The van der Waals surface area contributed by atoms with Gasteiger partial charge in [-0.2, -0.15) is 0 Å². The number of nitrogens with one attached hydrogen (secondary N) is 2. The van der Waals surface area contributed by atoms with E-state index >= 15 is 0 Å². The predicted octanol–water partition coefficient (Wildman–Crippen LogP) is 2.98. The first-order valence-electron chi connectivity index (χ1n) is 9.08.